The van der Waals surface area contributed by atoms with Gasteiger partial charge < -0.3 is 9.88 Å². The van der Waals surface area contributed by atoms with Gasteiger partial charge >= 0.3 is 6.18 Å². The Morgan fingerprint density at radius 1 is 1.26 bits per heavy atom. The highest BCUT2D eigenvalue weighted by Gasteiger charge is 2.32. The number of anilines is 1. The Morgan fingerprint density at radius 3 is 2.63 bits per heavy atom. The second kappa shape index (κ2) is 5.34. The molecule has 0 radical (unpaired) electrons. The number of imidazole rings is 1. The van der Waals surface area contributed by atoms with Gasteiger partial charge in [0.25, 0.3) is 0 Å². The fourth-order valence-electron chi connectivity index (χ4n) is 1.83. The average Bonchev–Trinajstić information content (AvgIpc) is 2.75. The molecule has 1 aromatic carbocycles. The molecule has 0 bridgehead atoms. The molecule has 0 aliphatic heterocycles. The second-order valence-corrected chi connectivity index (χ2v) is 4.17. The molecule has 1 N–H and O–H groups in total. The van der Waals surface area contributed by atoms with Gasteiger partial charge in [-0.2, -0.15) is 13.2 Å². The highest BCUT2D eigenvalue weighted by Crippen LogP contribution is 2.34. The SMILES string of the molecule is Cn1ccnc1CCNc1ccccc1C(F)(F)F. The summed E-state index contributed by atoms with van der Waals surface area (Å²) < 4.78 is 40.1. The number of nitrogens with zero attached hydrogens (tertiary/aromatic N) is 2. The lowest BCUT2D eigenvalue weighted by Gasteiger charge is -2.14. The van der Waals surface area contributed by atoms with Gasteiger partial charge in [0.15, 0.2) is 0 Å². The van der Waals surface area contributed by atoms with Crippen LogP contribution in [0.5, 0.6) is 0 Å². The van der Waals surface area contributed by atoms with E-state index in [1.807, 2.05) is 11.6 Å². The Labute approximate surface area is 109 Å². The van der Waals surface area contributed by atoms with Crippen LogP contribution in [0.15, 0.2) is 36.7 Å². The van der Waals surface area contributed by atoms with E-state index in [-0.39, 0.29) is 5.69 Å². The van der Waals surface area contributed by atoms with Crippen LogP contribution in [0, 0.1) is 0 Å². The molecular formula is C13H14F3N3. The largest absolute Gasteiger partial charge is 0.418 e. The van der Waals surface area contributed by atoms with Crippen molar-refractivity contribution in [2.24, 2.45) is 7.05 Å². The number of rotatable bonds is 4. The van der Waals surface area contributed by atoms with Crippen molar-refractivity contribution in [2.75, 3.05) is 11.9 Å². The van der Waals surface area contributed by atoms with Gasteiger partial charge in [-0.25, -0.2) is 4.98 Å². The zero-order valence-electron chi connectivity index (χ0n) is 10.4. The first-order valence-corrected chi connectivity index (χ1v) is 5.85. The highest BCUT2D eigenvalue weighted by molar-refractivity contribution is 5.52. The Hall–Kier alpha value is -1.98. The summed E-state index contributed by atoms with van der Waals surface area (Å²) in [7, 11) is 1.85. The quantitative estimate of drug-likeness (QED) is 0.924. The molecule has 0 aliphatic rings. The van der Waals surface area contributed by atoms with Crippen LogP contribution in [0.25, 0.3) is 0 Å². The van der Waals surface area contributed by atoms with E-state index in [1.54, 1.807) is 18.5 Å². The minimum absolute atomic E-state index is 0.101. The molecule has 0 unspecified atom stereocenters. The maximum atomic E-state index is 12.8. The fraction of sp³-hybridized carbons (Fsp3) is 0.308. The smallest absolute Gasteiger partial charge is 0.384 e. The molecule has 0 spiro atoms. The van der Waals surface area contributed by atoms with Crippen LogP contribution >= 0.6 is 0 Å². The van der Waals surface area contributed by atoms with Crippen molar-refractivity contribution < 1.29 is 13.2 Å². The molecule has 0 saturated heterocycles. The van der Waals surface area contributed by atoms with E-state index in [9.17, 15) is 13.2 Å². The Kier molecular flexibility index (Phi) is 3.78. The topological polar surface area (TPSA) is 29.9 Å². The minimum Gasteiger partial charge on any atom is -0.384 e. The summed E-state index contributed by atoms with van der Waals surface area (Å²) >= 11 is 0. The Bertz CT molecular complexity index is 546. The molecule has 3 nitrogen and oxygen atoms in total. The number of nitrogens with one attached hydrogen (secondary N) is 1. The third-order valence-electron chi connectivity index (χ3n) is 2.82. The maximum absolute atomic E-state index is 12.8. The van der Waals surface area contributed by atoms with Gasteiger partial charge in [0.05, 0.1) is 5.56 Å². The van der Waals surface area contributed by atoms with Crippen molar-refractivity contribution >= 4 is 5.69 Å². The molecule has 6 heteroatoms. The molecule has 19 heavy (non-hydrogen) atoms. The molecular weight excluding hydrogens is 255 g/mol. The first-order valence-electron chi connectivity index (χ1n) is 5.85. The normalized spacial score (nSPS) is 11.6. The molecule has 1 aromatic heterocycles. The number of hydrogen-bond donors (Lipinski definition) is 1. The van der Waals surface area contributed by atoms with Crippen LogP contribution in [0.1, 0.15) is 11.4 Å². The summed E-state index contributed by atoms with van der Waals surface area (Å²) in [6, 6.07) is 5.47. The minimum atomic E-state index is -4.34. The van der Waals surface area contributed by atoms with Crippen molar-refractivity contribution in [3.05, 3.63) is 48.0 Å². The van der Waals surface area contributed by atoms with Gasteiger partial charge in [-0.1, -0.05) is 12.1 Å². The molecule has 0 amide bonds. The number of hydrogen-bond acceptors (Lipinski definition) is 2. The van der Waals surface area contributed by atoms with Gasteiger partial charge in [0.1, 0.15) is 5.82 Å². The lowest BCUT2D eigenvalue weighted by molar-refractivity contribution is -0.136. The van der Waals surface area contributed by atoms with Crippen LogP contribution < -0.4 is 5.32 Å². The number of benzene rings is 1. The van der Waals surface area contributed by atoms with Crippen LogP contribution in [-0.4, -0.2) is 16.1 Å². The van der Waals surface area contributed by atoms with Gasteiger partial charge in [-0.3, -0.25) is 0 Å². The lowest BCUT2D eigenvalue weighted by Crippen LogP contribution is -2.13. The molecule has 1 heterocycles. The first-order chi connectivity index (χ1) is 8.98. The molecule has 2 rings (SSSR count). The molecule has 0 aliphatic carbocycles. The summed E-state index contributed by atoms with van der Waals surface area (Å²) in [5.41, 5.74) is -0.543. The molecule has 2 aromatic rings. The van der Waals surface area contributed by atoms with Crippen molar-refractivity contribution in [1.29, 1.82) is 0 Å². The zero-order valence-corrected chi connectivity index (χ0v) is 10.4. The third-order valence-corrected chi connectivity index (χ3v) is 2.82. The zero-order chi connectivity index (χ0) is 13.9. The number of halogens is 3. The van der Waals surface area contributed by atoms with E-state index in [0.29, 0.717) is 13.0 Å². The molecule has 102 valence electrons. The summed E-state index contributed by atoms with van der Waals surface area (Å²) in [5, 5.41) is 2.81. The van der Waals surface area contributed by atoms with Gasteiger partial charge in [-0.05, 0) is 12.1 Å². The number of alkyl halides is 3. The third kappa shape index (κ3) is 3.27. The summed E-state index contributed by atoms with van der Waals surface area (Å²) in [4.78, 5) is 4.12. The first kappa shape index (κ1) is 13.5. The van der Waals surface area contributed by atoms with Gasteiger partial charge in [0, 0.05) is 38.1 Å². The molecule has 0 atom stereocenters. The lowest BCUT2D eigenvalue weighted by atomic mass is 10.1. The molecule has 0 saturated carbocycles. The molecule has 0 fully saturated rings. The second-order valence-electron chi connectivity index (χ2n) is 4.17. The van der Waals surface area contributed by atoms with Crippen molar-refractivity contribution in [2.45, 2.75) is 12.6 Å². The fourth-order valence-corrected chi connectivity index (χ4v) is 1.83. The highest BCUT2D eigenvalue weighted by atomic mass is 19.4. The van der Waals surface area contributed by atoms with Crippen LogP contribution in [0.2, 0.25) is 0 Å². The number of aryl methyl sites for hydroxylation is 1. The standard InChI is InChI=1S/C13H14F3N3/c1-19-9-8-18-12(19)6-7-17-11-5-3-2-4-10(11)13(14,15)16/h2-5,8-9,17H,6-7H2,1H3. The predicted octanol–water partition coefficient (Wildman–Crippen LogP) is 3.09. The van der Waals surface area contributed by atoms with Crippen LogP contribution in [-0.2, 0) is 19.6 Å². The average molecular weight is 269 g/mol. The number of para-hydroxylation sites is 1. The van der Waals surface area contributed by atoms with Crippen molar-refractivity contribution in [3.8, 4) is 0 Å². The van der Waals surface area contributed by atoms with E-state index in [2.05, 4.69) is 10.3 Å². The van der Waals surface area contributed by atoms with E-state index in [1.165, 1.54) is 12.1 Å². The van der Waals surface area contributed by atoms with Gasteiger partial charge in [0.2, 0.25) is 0 Å². The van der Waals surface area contributed by atoms with E-state index in [4.69, 9.17) is 0 Å². The maximum Gasteiger partial charge on any atom is 0.418 e. The summed E-state index contributed by atoms with van der Waals surface area (Å²) in [6.45, 7) is 0.401. The number of aromatic nitrogens is 2. The van der Waals surface area contributed by atoms with Crippen LogP contribution in [0.3, 0.4) is 0 Å². The van der Waals surface area contributed by atoms with Crippen molar-refractivity contribution in [3.63, 3.8) is 0 Å². The van der Waals surface area contributed by atoms with Crippen molar-refractivity contribution in [1.82, 2.24) is 9.55 Å². The monoisotopic (exact) mass is 269 g/mol. The van der Waals surface area contributed by atoms with E-state index >= 15 is 0 Å². The van der Waals surface area contributed by atoms with Crippen LogP contribution in [0.4, 0.5) is 18.9 Å². The predicted molar refractivity (Wildman–Crippen MR) is 66.8 cm³/mol. The van der Waals surface area contributed by atoms with E-state index in [0.717, 1.165) is 11.9 Å². The van der Waals surface area contributed by atoms with E-state index < -0.39 is 11.7 Å². The Balaban J connectivity index is 2.02. The summed E-state index contributed by atoms with van der Waals surface area (Å²) in [6.07, 6.45) is -0.305. The summed E-state index contributed by atoms with van der Waals surface area (Å²) in [5.74, 6) is 0.831. The Morgan fingerprint density at radius 2 is 2.00 bits per heavy atom. The van der Waals surface area contributed by atoms with Gasteiger partial charge in [-0.15, -0.1) is 0 Å².